The number of pyridine rings is 1. The van der Waals surface area contributed by atoms with Crippen LogP contribution in [0.25, 0.3) is 0 Å². The van der Waals surface area contributed by atoms with Crippen LogP contribution in [0.3, 0.4) is 0 Å². The lowest BCUT2D eigenvalue weighted by atomic mass is 10.1. The summed E-state index contributed by atoms with van der Waals surface area (Å²) in [7, 11) is 3.11. The Balaban J connectivity index is 1.83. The van der Waals surface area contributed by atoms with Crippen LogP contribution in [0.2, 0.25) is 0 Å². The zero-order valence-electron chi connectivity index (χ0n) is 16.9. The molecule has 1 aromatic carbocycles. The molecule has 29 heavy (non-hydrogen) atoms. The number of ether oxygens (including phenoxy) is 2. The van der Waals surface area contributed by atoms with Crippen molar-refractivity contribution in [3.63, 3.8) is 0 Å². The molecular weight excluding hydrogens is 370 g/mol. The number of amides is 1. The molecule has 0 fully saturated rings. The van der Waals surface area contributed by atoms with Crippen LogP contribution in [0.1, 0.15) is 27.3 Å². The SMILES string of the molecule is COc1cc(NC(=O)C(=O)c2cc(C)n(Cc3ccccc3OC)c2C)ccn1. The number of para-hydroxylation sites is 1. The van der Waals surface area contributed by atoms with Crippen molar-refractivity contribution in [2.24, 2.45) is 0 Å². The first-order valence-corrected chi connectivity index (χ1v) is 9.09. The fraction of sp³-hybridized carbons (Fsp3) is 0.227. The molecule has 3 rings (SSSR count). The lowest BCUT2D eigenvalue weighted by Gasteiger charge is -2.13. The third kappa shape index (κ3) is 4.29. The Bertz CT molecular complexity index is 1060. The summed E-state index contributed by atoms with van der Waals surface area (Å²) in [6.07, 6.45) is 1.50. The van der Waals surface area contributed by atoms with Gasteiger partial charge in [-0.25, -0.2) is 4.98 Å². The highest BCUT2D eigenvalue weighted by Crippen LogP contribution is 2.23. The Labute approximate surface area is 169 Å². The van der Waals surface area contributed by atoms with Crippen LogP contribution in [0, 0.1) is 13.8 Å². The fourth-order valence-electron chi connectivity index (χ4n) is 3.19. The van der Waals surface area contributed by atoms with E-state index in [2.05, 4.69) is 10.3 Å². The topological polar surface area (TPSA) is 82.5 Å². The predicted molar refractivity (Wildman–Crippen MR) is 110 cm³/mol. The van der Waals surface area contributed by atoms with Gasteiger partial charge < -0.3 is 19.4 Å². The molecule has 2 aromatic heterocycles. The van der Waals surface area contributed by atoms with Gasteiger partial charge in [-0.2, -0.15) is 0 Å². The number of hydrogen-bond acceptors (Lipinski definition) is 5. The number of benzene rings is 1. The molecule has 7 heteroatoms. The van der Waals surface area contributed by atoms with Gasteiger partial charge in [0.05, 0.1) is 20.8 Å². The molecule has 0 spiro atoms. The van der Waals surface area contributed by atoms with Gasteiger partial charge in [-0.1, -0.05) is 18.2 Å². The smallest absolute Gasteiger partial charge is 0.296 e. The van der Waals surface area contributed by atoms with Gasteiger partial charge in [0.15, 0.2) is 0 Å². The minimum atomic E-state index is -0.712. The quantitative estimate of drug-likeness (QED) is 0.491. The summed E-state index contributed by atoms with van der Waals surface area (Å²) in [6.45, 7) is 4.28. The summed E-state index contributed by atoms with van der Waals surface area (Å²) in [6, 6.07) is 12.6. The molecule has 0 aliphatic rings. The van der Waals surface area contributed by atoms with E-state index < -0.39 is 11.7 Å². The lowest BCUT2D eigenvalue weighted by Crippen LogP contribution is -2.23. The molecule has 1 amide bonds. The molecular formula is C22H23N3O4. The number of Topliss-reactive ketones (excluding diaryl/α,β-unsaturated/α-hetero) is 1. The van der Waals surface area contributed by atoms with Crippen molar-refractivity contribution in [2.75, 3.05) is 19.5 Å². The normalized spacial score (nSPS) is 10.5. The summed E-state index contributed by atoms with van der Waals surface area (Å²) in [4.78, 5) is 29.2. The molecule has 0 atom stereocenters. The van der Waals surface area contributed by atoms with E-state index in [9.17, 15) is 9.59 Å². The molecule has 0 saturated heterocycles. The van der Waals surface area contributed by atoms with Crippen LogP contribution in [-0.2, 0) is 11.3 Å². The van der Waals surface area contributed by atoms with E-state index in [0.29, 0.717) is 23.7 Å². The molecule has 7 nitrogen and oxygen atoms in total. The average molecular weight is 393 g/mol. The molecule has 0 bridgehead atoms. The number of anilines is 1. The monoisotopic (exact) mass is 393 g/mol. The van der Waals surface area contributed by atoms with E-state index in [1.54, 1.807) is 25.3 Å². The molecule has 150 valence electrons. The van der Waals surface area contributed by atoms with Crippen LogP contribution in [-0.4, -0.2) is 35.5 Å². The van der Waals surface area contributed by atoms with Crippen LogP contribution in [0.4, 0.5) is 5.69 Å². The van der Waals surface area contributed by atoms with Crippen LogP contribution >= 0.6 is 0 Å². The number of nitrogens with one attached hydrogen (secondary N) is 1. The van der Waals surface area contributed by atoms with Gasteiger partial charge in [0.2, 0.25) is 5.88 Å². The van der Waals surface area contributed by atoms with Crippen molar-refractivity contribution >= 4 is 17.4 Å². The van der Waals surface area contributed by atoms with Gasteiger partial charge >= 0.3 is 0 Å². The molecule has 0 radical (unpaired) electrons. The highest BCUT2D eigenvalue weighted by atomic mass is 16.5. The Morgan fingerprint density at radius 3 is 2.55 bits per heavy atom. The first kappa shape index (κ1) is 20.1. The van der Waals surface area contributed by atoms with E-state index in [4.69, 9.17) is 9.47 Å². The second-order valence-corrected chi connectivity index (χ2v) is 6.55. The van der Waals surface area contributed by atoms with Gasteiger partial charge in [0.25, 0.3) is 11.7 Å². The van der Waals surface area contributed by atoms with E-state index in [-0.39, 0.29) is 0 Å². The Morgan fingerprint density at radius 2 is 1.83 bits per heavy atom. The summed E-state index contributed by atoms with van der Waals surface area (Å²) < 4.78 is 12.4. The lowest BCUT2D eigenvalue weighted by molar-refractivity contribution is -0.112. The number of aryl methyl sites for hydroxylation is 1. The average Bonchev–Trinajstić information content (AvgIpc) is 3.01. The van der Waals surface area contributed by atoms with Gasteiger partial charge in [-0.15, -0.1) is 0 Å². The number of aromatic nitrogens is 2. The maximum Gasteiger partial charge on any atom is 0.296 e. The highest BCUT2D eigenvalue weighted by molar-refractivity contribution is 6.46. The van der Waals surface area contributed by atoms with Crippen LogP contribution < -0.4 is 14.8 Å². The molecule has 1 N–H and O–H groups in total. The number of methoxy groups -OCH3 is 2. The maximum atomic E-state index is 12.8. The first-order chi connectivity index (χ1) is 13.9. The zero-order valence-corrected chi connectivity index (χ0v) is 16.9. The van der Waals surface area contributed by atoms with E-state index in [0.717, 1.165) is 22.7 Å². The number of carbonyl (C=O) groups excluding carboxylic acids is 2. The number of carbonyl (C=O) groups is 2. The molecule has 0 aliphatic heterocycles. The van der Waals surface area contributed by atoms with E-state index in [1.165, 1.54) is 13.3 Å². The molecule has 0 aliphatic carbocycles. The third-order valence-corrected chi connectivity index (χ3v) is 4.75. The minimum Gasteiger partial charge on any atom is -0.496 e. The van der Waals surface area contributed by atoms with Gasteiger partial charge in [0, 0.05) is 40.5 Å². The highest BCUT2D eigenvalue weighted by Gasteiger charge is 2.23. The molecule has 2 heterocycles. The molecule has 0 saturated carbocycles. The Hall–Kier alpha value is -3.61. The summed E-state index contributed by atoms with van der Waals surface area (Å²) in [5.74, 6) is -0.182. The Kier molecular flexibility index (Phi) is 5.97. The second kappa shape index (κ2) is 8.60. The van der Waals surface area contributed by atoms with Crippen molar-refractivity contribution in [1.29, 1.82) is 0 Å². The number of rotatable bonds is 7. The maximum absolute atomic E-state index is 12.8. The molecule has 3 aromatic rings. The Morgan fingerprint density at radius 1 is 1.07 bits per heavy atom. The first-order valence-electron chi connectivity index (χ1n) is 9.09. The van der Waals surface area contributed by atoms with Gasteiger partial charge in [0.1, 0.15) is 5.75 Å². The van der Waals surface area contributed by atoms with Crippen molar-refractivity contribution in [1.82, 2.24) is 9.55 Å². The fourth-order valence-corrected chi connectivity index (χ4v) is 3.19. The number of ketones is 1. The number of hydrogen-bond donors (Lipinski definition) is 1. The van der Waals surface area contributed by atoms with Crippen molar-refractivity contribution < 1.29 is 19.1 Å². The van der Waals surface area contributed by atoms with Crippen LogP contribution in [0.15, 0.2) is 48.7 Å². The largest absolute Gasteiger partial charge is 0.496 e. The summed E-state index contributed by atoms with van der Waals surface area (Å²) in [5.41, 5.74) is 3.41. The predicted octanol–water partition coefficient (Wildman–Crippen LogP) is 3.39. The van der Waals surface area contributed by atoms with Crippen molar-refractivity contribution in [3.05, 3.63) is 71.2 Å². The van der Waals surface area contributed by atoms with Gasteiger partial charge in [-0.05, 0) is 32.0 Å². The van der Waals surface area contributed by atoms with Gasteiger partial charge in [-0.3, -0.25) is 9.59 Å². The summed E-state index contributed by atoms with van der Waals surface area (Å²) in [5, 5.41) is 2.60. The van der Waals surface area contributed by atoms with Crippen molar-refractivity contribution in [3.8, 4) is 11.6 Å². The van der Waals surface area contributed by atoms with Crippen LogP contribution in [0.5, 0.6) is 11.6 Å². The molecule has 0 unspecified atom stereocenters. The third-order valence-electron chi connectivity index (χ3n) is 4.75. The zero-order chi connectivity index (χ0) is 21.0. The standard InChI is InChI=1S/C22H23N3O4/c1-14-11-18(15(2)25(14)13-16-7-5-6-8-19(16)28-3)21(26)22(27)24-17-9-10-23-20(12-17)29-4/h5-12H,13H2,1-4H3,(H,23,24,27). The second-order valence-electron chi connectivity index (χ2n) is 6.55. The summed E-state index contributed by atoms with van der Waals surface area (Å²) >= 11 is 0. The number of nitrogens with zero attached hydrogens (tertiary/aromatic N) is 2. The minimum absolute atomic E-state index is 0.352. The van der Waals surface area contributed by atoms with Crippen molar-refractivity contribution in [2.45, 2.75) is 20.4 Å². The van der Waals surface area contributed by atoms with E-state index >= 15 is 0 Å². The van der Waals surface area contributed by atoms with E-state index in [1.807, 2.05) is 42.7 Å².